The van der Waals surface area contributed by atoms with Gasteiger partial charge in [-0.2, -0.15) is 0 Å². The number of fused-ring (bicyclic) bond motifs is 4. The van der Waals surface area contributed by atoms with E-state index in [1.54, 1.807) is 13.2 Å². The molecule has 4 aromatic rings. The third-order valence-corrected chi connectivity index (χ3v) is 8.73. The molecule has 7 heteroatoms. The third-order valence-electron chi connectivity index (χ3n) is 8.73. The number of nitrogens with one attached hydrogen (secondary N) is 1. The second-order valence-electron chi connectivity index (χ2n) is 10.9. The van der Waals surface area contributed by atoms with Crippen LogP contribution in [0, 0.1) is 12.7 Å². The lowest BCUT2D eigenvalue weighted by atomic mass is 9.68. The zero-order valence-corrected chi connectivity index (χ0v) is 22.4. The molecule has 1 unspecified atom stereocenters. The molecule has 0 radical (unpaired) electrons. The summed E-state index contributed by atoms with van der Waals surface area (Å²) in [5.41, 5.74) is 5.24. The van der Waals surface area contributed by atoms with E-state index in [1.165, 1.54) is 11.6 Å². The van der Waals surface area contributed by atoms with Crippen LogP contribution in [0.3, 0.4) is 0 Å². The highest BCUT2D eigenvalue weighted by Crippen LogP contribution is 2.49. The molecule has 0 bridgehead atoms. The molecule has 1 spiro atoms. The van der Waals surface area contributed by atoms with Crippen LogP contribution >= 0.6 is 0 Å². The lowest BCUT2D eigenvalue weighted by molar-refractivity contribution is 0.0382. The molecule has 6 nitrogen and oxygen atoms in total. The Morgan fingerprint density at radius 3 is 2.56 bits per heavy atom. The van der Waals surface area contributed by atoms with Gasteiger partial charge in [0, 0.05) is 65.4 Å². The Hall–Kier alpha value is -3.68. The van der Waals surface area contributed by atoms with E-state index >= 15 is 0 Å². The Morgan fingerprint density at radius 1 is 1.10 bits per heavy atom. The van der Waals surface area contributed by atoms with E-state index in [0.717, 1.165) is 46.3 Å². The van der Waals surface area contributed by atoms with Crippen LogP contribution in [-0.2, 0) is 12.0 Å². The number of amides is 1. The van der Waals surface area contributed by atoms with Crippen molar-refractivity contribution in [1.82, 2.24) is 14.8 Å². The summed E-state index contributed by atoms with van der Waals surface area (Å²) in [5, 5.41) is 11.7. The molecule has 1 aromatic heterocycles. The number of benzene rings is 3. The Bertz CT molecular complexity index is 1520. The lowest BCUT2D eigenvalue weighted by Gasteiger charge is -2.50. The molecule has 0 saturated carbocycles. The first kappa shape index (κ1) is 25.6. The molecule has 202 valence electrons. The molecule has 0 aliphatic carbocycles. The summed E-state index contributed by atoms with van der Waals surface area (Å²) in [6, 6.07) is 20.3. The van der Waals surface area contributed by atoms with Gasteiger partial charge in [0.2, 0.25) is 0 Å². The minimum absolute atomic E-state index is 0.0686. The molecule has 1 amide bonds. The first-order chi connectivity index (χ1) is 18.9. The summed E-state index contributed by atoms with van der Waals surface area (Å²) < 4.78 is 20.2. The van der Waals surface area contributed by atoms with Gasteiger partial charge in [-0.1, -0.05) is 36.4 Å². The summed E-state index contributed by atoms with van der Waals surface area (Å²) in [6.45, 7) is 4.22. The number of ether oxygens (including phenoxy) is 1. The quantitative estimate of drug-likeness (QED) is 0.367. The molecular formula is C32H34FN3O3. The fraction of sp³-hybridized carbons (Fsp3) is 0.344. The number of aryl methyl sites for hydroxylation is 1. The second-order valence-corrected chi connectivity index (χ2v) is 10.9. The number of halogens is 1. The molecule has 2 aliphatic rings. The monoisotopic (exact) mass is 527 g/mol. The van der Waals surface area contributed by atoms with Crippen LogP contribution in [0.5, 0.6) is 5.75 Å². The number of aliphatic hydroxyl groups excluding tert-OH is 1. The number of aromatic amines is 1. The zero-order valence-electron chi connectivity index (χ0n) is 22.4. The highest BCUT2D eigenvalue weighted by molar-refractivity contribution is 5.95. The summed E-state index contributed by atoms with van der Waals surface area (Å²) in [4.78, 5) is 21.2. The molecular weight excluding hydrogens is 493 g/mol. The van der Waals surface area contributed by atoms with Gasteiger partial charge in [0.25, 0.3) is 5.91 Å². The molecule has 2 aliphatic heterocycles. The average Bonchev–Trinajstić information content (AvgIpc) is 3.34. The first-order valence-corrected chi connectivity index (χ1v) is 13.6. The molecule has 2 N–H and O–H groups in total. The standard InChI is InChI=1S/C32H34FN3O3/c1-21-7-3-5-9-24(21)31(38)35-15-13-32(14-16-35)20-36(18-22-8-4-6-10-26(22)33)28(19-37)30-29(32)25-12-11-23(39-2)17-27(25)34-30/h3-12,17,28,34,37H,13-16,18-20H2,1-2H3. The normalized spacial score (nSPS) is 18.9. The van der Waals surface area contributed by atoms with Crippen LogP contribution in [0.15, 0.2) is 66.7 Å². The van der Waals surface area contributed by atoms with Crippen molar-refractivity contribution in [2.45, 2.75) is 37.8 Å². The van der Waals surface area contributed by atoms with E-state index in [2.05, 4.69) is 16.0 Å². The van der Waals surface area contributed by atoms with Gasteiger partial charge in [0.15, 0.2) is 0 Å². The van der Waals surface area contributed by atoms with Gasteiger partial charge in [-0.05, 0) is 55.2 Å². The molecule has 6 rings (SSSR count). The van der Waals surface area contributed by atoms with Gasteiger partial charge in [0.1, 0.15) is 11.6 Å². The van der Waals surface area contributed by atoms with Crippen molar-refractivity contribution in [2.75, 3.05) is 33.4 Å². The summed E-state index contributed by atoms with van der Waals surface area (Å²) in [6.07, 6.45) is 1.56. The Morgan fingerprint density at radius 2 is 1.85 bits per heavy atom. The summed E-state index contributed by atoms with van der Waals surface area (Å²) in [7, 11) is 1.65. The highest BCUT2D eigenvalue weighted by atomic mass is 19.1. The van der Waals surface area contributed by atoms with Gasteiger partial charge in [-0.25, -0.2) is 4.39 Å². The third kappa shape index (κ3) is 4.39. The maximum Gasteiger partial charge on any atom is 0.254 e. The van der Waals surface area contributed by atoms with Crippen LogP contribution in [0.4, 0.5) is 4.39 Å². The van der Waals surface area contributed by atoms with Crippen molar-refractivity contribution >= 4 is 16.8 Å². The Labute approximate surface area is 228 Å². The number of nitrogens with zero attached hydrogens (tertiary/aromatic N) is 2. The fourth-order valence-electron chi connectivity index (χ4n) is 6.65. The van der Waals surface area contributed by atoms with Gasteiger partial charge in [-0.3, -0.25) is 9.69 Å². The number of aliphatic hydroxyl groups is 1. The van der Waals surface area contributed by atoms with Gasteiger partial charge < -0.3 is 19.7 Å². The maximum absolute atomic E-state index is 14.7. The highest BCUT2D eigenvalue weighted by Gasteiger charge is 2.48. The van der Waals surface area contributed by atoms with Gasteiger partial charge in [-0.15, -0.1) is 0 Å². The van der Waals surface area contributed by atoms with E-state index < -0.39 is 0 Å². The molecule has 3 aromatic carbocycles. The Kier molecular flexibility index (Phi) is 6.65. The van der Waals surface area contributed by atoms with Crippen molar-refractivity contribution in [3.8, 4) is 5.75 Å². The molecule has 39 heavy (non-hydrogen) atoms. The van der Waals surface area contributed by atoms with E-state index in [1.807, 2.05) is 60.4 Å². The number of rotatable bonds is 5. The average molecular weight is 528 g/mol. The SMILES string of the molecule is COc1ccc2c3c([nH]c2c1)C(CO)N(Cc1ccccc1F)CC31CCN(C(=O)c2ccccc2C)CC1. The number of aromatic nitrogens is 1. The lowest BCUT2D eigenvalue weighted by Crippen LogP contribution is -2.54. The smallest absolute Gasteiger partial charge is 0.254 e. The molecule has 1 atom stereocenters. The van der Waals surface area contributed by atoms with Crippen LogP contribution < -0.4 is 4.74 Å². The van der Waals surface area contributed by atoms with Crippen LogP contribution in [-0.4, -0.2) is 59.1 Å². The Balaban J connectivity index is 1.40. The number of piperidine rings is 1. The van der Waals surface area contributed by atoms with Crippen molar-refractivity contribution in [3.63, 3.8) is 0 Å². The van der Waals surface area contributed by atoms with E-state index in [0.29, 0.717) is 31.7 Å². The minimum Gasteiger partial charge on any atom is -0.497 e. The number of hydrogen-bond acceptors (Lipinski definition) is 4. The predicted octanol–water partition coefficient (Wildman–Crippen LogP) is 5.35. The largest absolute Gasteiger partial charge is 0.497 e. The summed E-state index contributed by atoms with van der Waals surface area (Å²) in [5.74, 6) is 0.589. The maximum atomic E-state index is 14.7. The van der Waals surface area contributed by atoms with Crippen LogP contribution in [0.25, 0.3) is 10.9 Å². The van der Waals surface area contributed by atoms with Crippen molar-refractivity contribution in [2.24, 2.45) is 0 Å². The topological polar surface area (TPSA) is 68.8 Å². The van der Waals surface area contributed by atoms with E-state index in [-0.39, 0.29) is 29.8 Å². The fourth-order valence-corrected chi connectivity index (χ4v) is 6.65. The van der Waals surface area contributed by atoms with Crippen LogP contribution in [0.1, 0.15) is 51.6 Å². The van der Waals surface area contributed by atoms with E-state index in [9.17, 15) is 14.3 Å². The van der Waals surface area contributed by atoms with E-state index in [4.69, 9.17) is 4.74 Å². The van der Waals surface area contributed by atoms with Gasteiger partial charge in [0.05, 0.1) is 19.8 Å². The number of H-pyrrole nitrogens is 1. The van der Waals surface area contributed by atoms with Crippen molar-refractivity contribution < 1.29 is 19.0 Å². The second kappa shape index (κ2) is 10.1. The molecule has 1 fully saturated rings. The van der Waals surface area contributed by atoms with Crippen molar-refractivity contribution in [1.29, 1.82) is 0 Å². The first-order valence-electron chi connectivity index (χ1n) is 13.6. The number of likely N-dealkylation sites (tertiary alicyclic amines) is 1. The zero-order chi connectivity index (χ0) is 27.1. The number of carbonyl (C=O) groups excluding carboxylic acids is 1. The number of methoxy groups -OCH3 is 1. The van der Waals surface area contributed by atoms with Crippen LogP contribution in [0.2, 0.25) is 0 Å². The molecule has 3 heterocycles. The van der Waals surface area contributed by atoms with Crippen molar-refractivity contribution in [3.05, 3.63) is 100 Å². The minimum atomic E-state index is -0.296. The number of hydrogen-bond donors (Lipinski definition) is 2. The predicted molar refractivity (Wildman–Crippen MR) is 149 cm³/mol. The molecule has 1 saturated heterocycles. The number of carbonyl (C=O) groups is 1. The summed E-state index contributed by atoms with van der Waals surface area (Å²) >= 11 is 0. The van der Waals surface area contributed by atoms with Gasteiger partial charge >= 0.3 is 0 Å².